The van der Waals surface area contributed by atoms with E-state index in [1.165, 1.54) is 12.3 Å². The van der Waals surface area contributed by atoms with Crippen LogP contribution < -0.4 is 5.32 Å². The van der Waals surface area contributed by atoms with Gasteiger partial charge in [-0.25, -0.2) is 4.98 Å². The molecule has 1 unspecified atom stereocenters. The topological polar surface area (TPSA) is 77.3 Å². The van der Waals surface area contributed by atoms with Crippen LogP contribution in [0.1, 0.15) is 13.8 Å². The summed E-state index contributed by atoms with van der Waals surface area (Å²) in [5.41, 5.74) is -0.127. The van der Waals surface area contributed by atoms with Crippen LogP contribution in [0.4, 0.5) is 11.5 Å². The first kappa shape index (κ1) is 13.7. The minimum Gasteiger partial charge on any atom is -0.380 e. The number of nitrogens with one attached hydrogen (secondary N) is 1. The molecule has 1 aromatic rings. The highest BCUT2D eigenvalue weighted by Gasteiger charge is 2.12. The molecule has 1 aromatic heterocycles. The van der Waals surface area contributed by atoms with Crippen LogP contribution in [0.5, 0.6) is 0 Å². The van der Waals surface area contributed by atoms with E-state index in [2.05, 4.69) is 10.3 Å². The van der Waals surface area contributed by atoms with Crippen molar-refractivity contribution in [2.75, 3.05) is 18.5 Å². The molecule has 0 bridgehead atoms. The third-order valence-electron chi connectivity index (χ3n) is 1.99. The van der Waals surface area contributed by atoms with E-state index in [1.807, 2.05) is 13.8 Å². The predicted octanol–water partition coefficient (Wildman–Crippen LogP) is 2.48. The van der Waals surface area contributed by atoms with Crippen LogP contribution in [0, 0.1) is 10.1 Å². The first-order chi connectivity index (χ1) is 8.04. The highest BCUT2D eigenvalue weighted by molar-refractivity contribution is 6.33. The molecule has 17 heavy (non-hydrogen) atoms. The number of pyridine rings is 1. The molecule has 0 radical (unpaired) electrons. The van der Waals surface area contributed by atoms with E-state index < -0.39 is 4.92 Å². The van der Waals surface area contributed by atoms with Crippen molar-refractivity contribution in [3.05, 3.63) is 27.4 Å². The average Bonchev–Trinajstić information content (AvgIpc) is 2.28. The lowest BCUT2D eigenvalue weighted by Gasteiger charge is -2.14. The summed E-state index contributed by atoms with van der Waals surface area (Å²) >= 11 is 5.88. The predicted molar refractivity (Wildman–Crippen MR) is 65.5 cm³/mol. The fourth-order valence-electron chi connectivity index (χ4n) is 1.20. The van der Waals surface area contributed by atoms with Crippen LogP contribution in [0.3, 0.4) is 0 Å². The second-order valence-electron chi connectivity index (χ2n) is 3.49. The van der Waals surface area contributed by atoms with Crippen molar-refractivity contribution < 1.29 is 9.66 Å². The van der Waals surface area contributed by atoms with E-state index in [4.69, 9.17) is 16.3 Å². The number of anilines is 1. The fraction of sp³-hybridized carbons (Fsp3) is 0.500. The molecule has 0 saturated heterocycles. The number of nitrogens with zero attached hydrogens (tertiary/aromatic N) is 2. The standard InChI is InChI=1S/C10H14ClN3O3/c1-3-17-6-7(2)13-10-9(11)4-8(5-12-10)14(15)16/h4-5,7H,3,6H2,1-2H3,(H,12,13). The van der Waals surface area contributed by atoms with Gasteiger partial charge in [0, 0.05) is 18.7 Å². The van der Waals surface area contributed by atoms with Crippen molar-refractivity contribution in [2.24, 2.45) is 0 Å². The number of ether oxygens (including phenoxy) is 1. The molecule has 0 saturated carbocycles. The van der Waals surface area contributed by atoms with E-state index in [1.54, 1.807) is 0 Å². The smallest absolute Gasteiger partial charge is 0.289 e. The average molecular weight is 260 g/mol. The molecule has 1 atom stereocenters. The summed E-state index contributed by atoms with van der Waals surface area (Å²) in [7, 11) is 0. The summed E-state index contributed by atoms with van der Waals surface area (Å²) in [4.78, 5) is 13.9. The van der Waals surface area contributed by atoms with Gasteiger partial charge < -0.3 is 10.1 Å². The van der Waals surface area contributed by atoms with Crippen molar-refractivity contribution in [1.29, 1.82) is 0 Å². The molecule has 94 valence electrons. The Kier molecular flexibility index (Phi) is 5.11. The third-order valence-corrected chi connectivity index (χ3v) is 2.28. The number of aromatic nitrogens is 1. The molecular weight excluding hydrogens is 246 g/mol. The number of rotatable bonds is 6. The molecule has 0 aliphatic rings. The maximum Gasteiger partial charge on any atom is 0.289 e. The number of hydrogen-bond donors (Lipinski definition) is 1. The Bertz CT molecular complexity index is 400. The maximum absolute atomic E-state index is 10.5. The van der Waals surface area contributed by atoms with Crippen molar-refractivity contribution in [3.63, 3.8) is 0 Å². The van der Waals surface area contributed by atoms with Crippen molar-refractivity contribution in [1.82, 2.24) is 4.98 Å². The lowest BCUT2D eigenvalue weighted by atomic mass is 10.3. The lowest BCUT2D eigenvalue weighted by molar-refractivity contribution is -0.385. The van der Waals surface area contributed by atoms with Gasteiger partial charge in [0.15, 0.2) is 0 Å². The molecule has 0 amide bonds. The zero-order valence-corrected chi connectivity index (χ0v) is 10.4. The van der Waals surface area contributed by atoms with Gasteiger partial charge in [0.05, 0.1) is 16.6 Å². The van der Waals surface area contributed by atoms with Gasteiger partial charge in [-0.2, -0.15) is 0 Å². The van der Waals surface area contributed by atoms with E-state index in [9.17, 15) is 10.1 Å². The lowest BCUT2D eigenvalue weighted by Crippen LogP contribution is -2.22. The van der Waals surface area contributed by atoms with Gasteiger partial charge in [-0.3, -0.25) is 10.1 Å². The van der Waals surface area contributed by atoms with Crippen LogP contribution in [0.25, 0.3) is 0 Å². The van der Waals surface area contributed by atoms with Crippen molar-refractivity contribution in [2.45, 2.75) is 19.9 Å². The molecule has 0 aliphatic heterocycles. The summed E-state index contributed by atoms with van der Waals surface area (Å²) in [5, 5.41) is 13.7. The molecule has 0 spiro atoms. The zero-order valence-electron chi connectivity index (χ0n) is 9.64. The molecule has 0 aromatic carbocycles. The summed E-state index contributed by atoms with van der Waals surface area (Å²) in [6.07, 6.45) is 1.17. The molecule has 1 N–H and O–H groups in total. The first-order valence-corrected chi connectivity index (χ1v) is 5.56. The van der Waals surface area contributed by atoms with Crippen LogP contribution in [-0.2, 0) is 4.74 Å². The minimum atomic E-state index is -0.535. The van der Waals surface area contributed by atoms with Crippen molar-refractivity contribution >= 4 is 23.1 Å². The van der Waals surface area contributed by atoms with Gasteiger partial charge in [0.1, 0.15) is 12.0 Å². The zero-order chi connectivity index (χ0) is 12.8. The Morgan fingerprint density at radius 3 is 2.94 bits per heavy atom. The summed E-state index contributed by atoms with van der Waals surface area (Å²) in [6.45, 7) is 4.97. The third kappa shape index (κ3) is 4.16. The number of halogens is 1. The Morgan fingerprint density at radius 1 is 1.71 bits per heavy atom. The quantitative estimate of drug-likeness (QED) is 0.627. The van der Waals surface area contributed by atoms with Crippen LogP contribution in [-0.4, -0.2) is 29.2 Å². The monoisotopic (exact) mass is 259 g/mol. The highest BCUT2D eigenvalue weighted by Crippen LogP contribution is 2.24. The van der Waals surface area contributed by atoms with Crippen LogP contribution in [0.2, 0.25) is 5.02 Å². The molecule has 1 heterocycles. The minimum absolute atomic E-state index is 0.0291. The summed E-state index contributed by atoms with van der Waals surface area (Å²) < 4.78 is 5.23. The Balaban J connectivity index is 2.69. The maximum atomic E-state index is 10.5. The van der Waals surface area contributed by atoms with E-state index in [-0.39, 0.29) is 16.8 Å². The SMILES string of the molecule is CCOCC(C)Nc1ncc([N+](=O)[O-])cc1Cl. The number of nitro groups is 1. The fourth-order valence-corrected chi connectivity index (χ4v) is 1.42. The van der Waals surface area contributed by atoms with Gasteiger partial charge >= 0.3 is 0 Å². The van der Waals surface area contributed by atoms with Crippen molar-refractivity contribution in [3.8, 4) is 0 Å². The van der Waals surface area contributed by atoms with Gasteiger partial charge in [0.25, 0.3) is 5.69 Å². The molecular formula is C10H14ClN3O3. The second-order valence-corrected chi connectivity index (χ2v) is 3.89. The van der Waals surface area contributed by atoms with Gasteiger partial charge in [0.2, 0.25) is 0 Å². The second kappa shape index (κ2) is 6.36. The van der Waals surface area contributed by atoms with Crippen LogP contribution >= 0.6 is 11.6 Å². The summed E-state index contributed by atoms with van der Waals surface area (Å²) in [5.74, 6) is 0.421. The normalized spacial score (nSPS) is 12.2. The van der Waals surface area contributed by atoms with E-state index in [0.29, 0.717) is 19.0 Å². The Morgan fingerprint density at radius 2 is 2.41 bits per heavy atom. The molecule has 6 nitrogen and oxygen atoms in total. The number of hydrogen-bond acceptors (Lipinski definition) is 5. The molecule has 0 aliphatic carbocycles. The largest absolute Gasteiger partial charge is 0.380 e. The van der Waals surface area contributed by atoms with Gasteiger partial charge in [-0.15, -0.1) is 0 Å². The summed E-state index contributed by atoms with van der Waals surface area (Å²) in [6, 6.07) is 1.30. The Labute approximate surface area is 104 Å². The molecule has 7 heteroatoms. The van der Waals surface area contributed by atoms with E-state index >= 15 is 0 Å². The van der Waals surface area contributed by atoms with Gasteiger partial charge in [-0.1, -0.05) is 11.6 Å². The molecule has 1 rings (SSSR count). The molecule has 0 fully saturated rings. The highest BCUT2D eigenvalue weighted by atomic mass is 35.5. The first-order valence-electron chi connectivity index (χ1n) is 5.18. The Hall–Kier alpha value is -1.40. The van der Waals surface area contributed by atoms with E-state index in [0.717, 1.165) is 0 Å². The van der Waals surface area contributed by atoms with Gasteiger partial charge in [-0.05, 0) is 13.8 Å². The van der Waals surface area contributed by atoms with Crippen LogP contribution in [0.15, 0.2) is 12.3 Å².